The molecular weight excluding hydrogens is 493 g/mol. The smallest absolute Gasteiger partial charge is 0.248 e. The molecule has 0 spiro atoms. The first-order valence-electron chi connectivity index (χ1n) is 12.7. The normalized spacial score (nSPS) is 18.4. The van der Waals surface area contributed by atoms with E-state index in [0.29, 0.717) is 30.1 Å². The summed E-state index contributed by atoms with van der Waals surface area (Å²) >= 11 is 5.95. The maximum Gasteiger partial charge on any atom is 0.248 e. The molecule has 1 amide bonds. The van der Waals surface area contributed by atoms with Crippen LogP contribution in [-0.4, -0.2) is 53.6 Å². The first kappa shape index (κ1) is 25.6. The number of nitrogens with one attached hydrogen (secondary N) is 2. The number of ether oxygens (including phenoxy) is 1. The van der Waals surface area contributed by atoms with Crippen molar-refractivity contribution in [3.63, 3.8) is 0 Å². The summed E-state index contributed by atoms with van der Waals surface area (Å²) in [5.74, 6) is 0.295. The summed E-state index contributed by atoms with van der Waals surface area (Å²) in [7, 11) is 1.73. The van der Waals surface area contributed by atoms with Gasteiger partial charge in [-0.1, -0.05) is 24.1 Å². The number of hydrogen-bond acceptors (Lipinski definition) is 6. The standard InChI is InChI=1S/C28H31ClFN5O2/c1-37-16-20-7-3-11-35(20)12-4-8-27(36)34-26-15-22-25(14-21(26)18-5-2-6-18)31-17-32-28(22)33-19-9-10-24(30)23(29)13-19/h4,8-10,13-15,17-18,20H,2-3,5-7,11-12,16H2,1H3,(H,34,36)(H,31,32,33)/t20-/m1/s1. The Labute approximate surface area is 221 Å². The fraction of sp³-hybridized carbons (Fsp3) is 0.393. The van der Waals surface area contributed by atoms with Crippen LogP contribution in [0.5, 0.6) is 0 Å². The number of nitrogens with zero attached hydrogens (tertiary/aromatic N) is 3. The van der Waals surface area contributed by atoms with E-state index in [1.165, 1.54) is 24.9 Å². The Morgan fingerprint density at radius 3 is 2.84 bits per heavy atom. The summed E-state index contributed by atoms with van der Waals surface area (Å²) in [6.45, 7) is 2.45. The molecule has 1 atom stereocenters. The highest BCUT2D eigenvalue weighted by Gasteiger charge is 2.25. The van der Waals surface area contributed by atoms with Gasteiger partial charge in [0.05, 0.1) is 17.1 Å². The van der Waals surface area contributed by atoms with Gasteiger partial charge in [0, 0.05) is 42.5 Å². The van der Waals surface area contributed by atoms with E-state index in [2.05, 4.69) is 25.5 Å². The molecule has 194 valence electrons. The number of likely N-dealkylation sites (tertiary alicyclic amines) is 1. The summed E-state index contributed by atoms with van der Waals surface area (Å²) in [6, 6.07) is 8.80. The van der Waals surface area contributed by atoms with Crippen molar-refractivity contribution in [3.05, 3.63) is 65.2 Å². The molecule has 2 fully saturated rings. The molecule has 7 nitrogen and oxygen atoms in total. The second-order valence-electron chi connectivity index (χ2n) is 9.70. The van der Waals surface area contributed by atoms with Crippen LogP contribution < -0.4 is 10.6 Å². The van der Waals surface area contributed by atoms with Crippen molar-refractivity contribution < 1.29 is 13.9 Å². The predicted octanol–water partition coefficient (Wildman–Crippen LogP) is 6.04. The Morgan fingerprint density at radius 1 is 1.22 bits per heavy atom. The summed E-state index contributed by atoms with van der Waals surface area (Å²) < 4.78 is 18.9. The van der Waals surface area contributed by atoms with Crippen molar-refractivity contribution in [3.8, 4) is 0 Å². The predicted molar refractivity (Wildman–Crippen MR) is 145 cm³/mol. The average molecular weight is 524 g/mol. The van der Waals surface area contributed by atoms with Crippen molar-refractivity contribution in [1.82, 2.24) is 14.9 Å². The van der Waals surface area contributed by atoms with E-state index in [1.54, 1.807) is 19.3 Å². The lowest BCUT2D eigenvalue weighted by molar-refractivity contribution is -0.111. The second-order valence-corrected chi connectivity index (χ2v) is 10.1. The van der Waals surface area contributed by atoms with Crippen molar-refractivity contribution in [2.45, 2.75) is 44.1 Å². The number of anilines is 3. The molecule has 0 unspecified atom stereocenters. The molecule has 3 aromatic rings. The van der Waals surface area contributed by atoms with E-state index in [1.807, 2.05) is 18.2 Å². The summed E-state index contributed by atoms with van der Waals surface area (Å²) in [5, 5.41) is 7.09. The first-order valence-corrected chi connectivity index (χ1v) is 13.1. The lowest BCUT2D eigenvalue weighted by Gasteiger charge is -2.28. The number of fused-ring (bicyclic) bond motifs is 1. The van der Waals surface area contributed by atoms with E-state index in [9.17, 15) is 9.18 Å². The van der Waals surface area contributed by atoms with E-state index in [-0.39, 0.29) is 10.9 Å². The molecule has 2 aliphatic rings. The summed E-state index contributed by atoms with van der Waals surface area (Å²) in [6.07, 6.45) is 10.7. The van der Waals surface area contributed by atoms with E-state index in [0.717, 1.165) is 60.9 Å². The molecule has 2 aromatic carbocycles. The third-order valence-corrected chi connectivity index (χ3v) is 7.55. The molecule has 2 heterocycles. The van der Waals surface area contributed by atoms with Gasteiger partial charge in [-0.25, -0.2) is 14.4 Å². The Balaban J connectivity index is 1.37. The minimum atomic E-state index is -0.484. The van der Waals surface area contributed by atoms with Crippen molar-refractivity contribution in [2.75, 3.05) is 37.4 Å². The molecule has 5 rings (SSSR count). The van der Waals surface area contributed by atoms with Gasteiger partial charge in [-0.2, -0.15) is 0 Å². The number of hydrogen-bond donors (Lipinski definition) is 2. The van der Waals surface area contributed by atoms with Crippen LogP contribution >= 0.6 is 11.6 Å². The molecule has 2 N–H and O–H groups in total. The molecule has 1 saturated carbocycles. The molecule has 1 aliphatic carbocycles. The van der Waals surface area contributed by atoms with Crippen LogP contribution in [-0.2, 0) is 9.53 Å². The van der Waals surface area contributed by atoms with E-state index in [4.69, 9.17) is 16.3 Å². The summed E-state index contributed by atoms with van der Waals surface area (Å²) in [5.41, 5.74) is 3.24. The number of carbonyl (C=O) groups is 1. The van der Waals surface area contributed by atoms with E-state index >= 15 is 0 Å². The quantitative estimate of drug-likeness (QED) is 0.333. The highest BCUT2D eigenvalue weighted by molar-refractivity contribution is 6.31. The molecular formula is C28H31ClFN5O2. The Hall–Kier alpha value is -3.07. The van der Waals surface area contributed by atoms with Crippen LogP contribution in [0.15, 0.2) is 48.8 Å². The van der Waals surface area contributed by atoms with Crippen molar-refractivity contribution in [1.29, 1.82) is 0 Å². The largest absolute Gasteiger partial charge is 0.383 e. The highest BCUT2D eigenvalue weighted by atomic mass is 35.5. The van der Waals surface area contributed by atoms with Crippen LogP contribution in [0.1, 0.15) is 43.6 Å². The molecule has 0 bridgehead atoms. The molecule has 37 heavy (non-hydrogen) atoms. The van der Waals surface area contributed by atoms with Gasteiger partial charge in [0.25, 0.3) is 0 Å². The Bertz CT molecular complexity index is 1310. The van der Waals surface area contributed by atoms with Gasteiger partial charge < -0.3 is 15.4 Å². The zero-order valence-corrected chi connectivity index (χ0v) is 21.6. The van der Waals surface area contributed by atoms with Gasteiger partial charge in [-0.15, -0.1) is 0 Å². The van der Waals surface area contributed by atoms with Crippen molar-refractivity contribution >= 4 is 45.6 Å². The highest BCUT2D eigenvalue weighted by Crippen LogP contribution is 2.42. The lowest BCUT2D eigenvalue weighted by atomic mass is 9.79. The van der Waals surface area contributed by atoms with Gasteiger partial charge in [-0.05, 0) is 74.0 Å². The van der Waals surface area contributed by atoms with Crippen LogP contribution in [0, 0.1) is 5.82 Å². The second kappa shape index (κ2) is 11.5. The van der Waals surface area contributed by atoms with Gasteiger partial charge in [0.2, 0.25) is 5.91 Å². The number of carbonyl (C=O) groups excluding carboxylic acids is 1. The third kappa shape index (κ3) is 5.92. The Morgan fingerprint density at radius 2 is 2.08 bits per heavy atom. The Kier molecular flexibility index (Phi) is 7.98. The minimum absolute atomic E-state index is 0.0258. The number of aromatic nitrogens is 2. The monoisotopic (exact) mass is 523 g/mol. The van der Waals surface area contributed by atoms with Crippen LogP contribution in [0.3, 0.4) is 0 Å². The molecule has 1 saturated heterocycles. The zero-order chi connectivity index (χ0) is 25.8. The van der Waals surface area contributed by atoms with Gasteiger partial charge in [0.1, 0.15) is 18.0 Å². The lowest BCUT2D eigenvalue weighted by Crippen LogP contribution is -2.33. The third-order valence-electron chi connectivity index (χ3n) is 7.26. The molecule has 1 aliphatic heterocycles. The minimum Gasteiger partial charge on any atom is -0.383 e. The maximum atomic E-state index is 13.6. The zero-order valence-electron chi connectivity index (χ0n) is 20.8. The van der Waals surface area contributed by atoms with Crippen LogP contribution in [0.25, 0.3) is 10.9 Å². The average Bonchev–Trinajstić information content (AvgIpc) is 3.28. The van der Waals surface area contributed by atoms with Gasteiger partial charge >= 0.3 is 0 Å². The number of benzene rings is 2. The fourth-order valence-corrected chi connectivity index (χ4v) is 5.26. The number of halogens is 2. The molecule has 9 heteroatoms. The number of rotatable bonds is 9. The van der Waals surface area contributed by atoms with E-state index < -0.39 is 5.82 Å². The van der Waals surface area contributed by atoms with Crippen LogP contribution in [0.2, 0.25) is 5.02 Å². The van der Waals surface area contributed by atoms with Gasteiger partial charge in [0.15, 0.2) is 0 Å². The SMILES string of the molecule is COC[C@H]1CCCN1CC=CC(=O)Nc1cc2c(Nc3ccc(F)c(Cl)c3)ncnc2cc1C1CCC1. The number of amides is 1. The topological polar surface area (TPSA) is 79.4 Å². The van der Waals surface area contributed by atoms with Crippen LogP contribution in [0.4, 0.5) is 21.6 Å². The fourth-order valence-electron chi connectivity index (χ4n) is 5.08. The maximum absolute atomic E-state index is 13.6. The summed E-state index contributed by atoms with van der Waals surface area (Å²) in [4.78, 5) is 24.1. The molecule has 0 radical (unpaired) electrons. The number of methoxy groups -OCH3 is 1. The van der Waals surface area contributed by atoms with Crippen molar-refractivity contribution in [2.24, 2.45) is 0 Å². The van der Waals surface area contributed by atoms with Gasteiger partial charge in [-0.3, -0.25) is 9.69 Å². The molecule has 1 aromatic heterocycles. The first-order chi connectivity index (χ1) is 18.0.